The van der Waals surface area contributed by atoms with Gasteiger partial charge in [0, 0.05) is 16.6 Å². The van der Waals surface area contributed by atoms with Crippen LogP contribution in [0.4, 0.5) is 0 Å². The van der Waals surface area contributed by atoms with Gasteiger partial charge in [0.15, 0.2) is 0 Å². The van der Waals surface area contributed by atoms with Crippen LogP contribution in [0.1, 0.15) is 27.7 Å². The summed E-state index contributed by atoms with van der Waals surface area (Å²) in [5.74, 6) is 0. The summed E-state index contributed by atoms with van der Waals surface area (Å²) in [5.41, 5.74) is 0.193. The first kappa shape index (κ1) is 11.0. The third kappa shape index (κ3) is 1.26. The van der Waals surface area contributed by atoms with E-state index in [4.69, 9.17) is 0 Å². The van der Waals surface area contributed by atoms with Crippen molar-refractivity contribution in [1.29, 1.82) is 0 Å². The van der Waals surface area contributed by atoms with E-state index in [-0.39, 0.29) is 10.6 Å². The maximum Gasteiger partial charge on any atom is 0.122 e. The second-order valence-corrected chi connectivity index (χ2v) is 9.11. The minimum absolute atomic E-state index is 0.0681. The van der Waals surface area contributed by atoms with Gasteiger partial charge >= 0.3 is 0 Å². The summed E-state index contributed by atoms with van der Waals surface area (Å²) < 4.78 is 12.9. The van der Waals surface area contributed by atoms with Crippen molar-refractivity contribution in [2.45, 2.75) is 32.9 Å². The summed E-state index contributed by atoms with van der Waals surface area (Å²) in [5, 5.41) is 0.982. The van der Waals surface area contributed by atoms with Gasteiger partial charge in [0.05, 0.1) is 0 Å². The van der Waals surface area contributed by atoms with E-state index >= 15 is 0 Å². The van der Waals surface area contributed by atoms with Gasteiger partial charge < -0.3 is 4.57 Å². The Balaban J connectivity index is 2.46. The molecule has 1 aromatic rings. The molecule has 2 heteroatoms. The van der Waals surface area contributed by atoms with E-state index < -0.39 is 7.14 Å². The minimum Gasteiger partial charge on any atom is -0.318 e. The van der Waals surface area contributed by atoms with Crippen LogP contribution in [-0.4, -0.2) is 11.3 Å². The molecule has 0 spiro atoms. The Morgan fingerprint density at radius 3 is 2.00 bits per heavy atom. The highest BCUT2D eigenvalue weighted by atomic mass is 31.2. The Morgan fingerprint density at radius 1 is 1.07 bits per heavy atom. The molecule has 1 aromatic carbocycles. The molecule has 0 amide bonds. The monoisotopic (exact) mass is 222 g/mol. The normalized spacial score (nSPS) is 32.0. The number of benzene rings is 1. The molecule has 0 saturated carbocycles. The lowest BCUT2D eigenvalue weighted by Crippen LogP contribution is -2.55. The third-order valence-corrected chi connectivity index (χ3v) is 9.13. The average Bonchev–Trinajstić information content (AvgIpc) is 2.18. The lowest BCUT2D eigenvalue weighted by atomic mass is 9.81. The van der Waals surface area contributed by atoms with Crippen molar-refractivity contribution < 1.29 is 4.57 Å². The molecule has 0 N–H and O–H groups in total. The summed E-state index contributed by atoms with van der Waals surface area (Å²) in [6, 6.07) is 9.97. The SMILES string of the molecule is CC1(C)CP(=O)(c2ccccc2)C1(C)C. The fraction of sp³-hybridized carbons (Fsp3) is 0.538. The first-order chi connectivity index (χ1) is 6.81. The molecule has 1 fully saturated rings. The Hall–Kier alpha value is -0.550. The molecular weight excluding hydrogens is 203 g/mol. The van der Waals surface area contributed by atoms with E-state index in [1.54, 1.807) is 0 Å². The van der Waals surface area contributed by atoms with Gasteiger partial charge in [0.2, 0.25) is 0 Å². The topological polar surface area (TPSA) is 17.1 Å². The molecule has 1 saturated heterocycles. The predicted molar refractivity (Wildman–Crippen MR) is 66.4 cm³/mol. The summed E-state index contributed by atoms with van der Waals surface area (Å²) >= 11 is 0. The van der Waals surface area contributed by atoms with E-state index in [9.17, 15) is 4.57 Å². The number of hydrogen-bond acceptors (Lipinski definition) is 1. The summed E-state index contributed by atoms with van der Waals surface area (Å²) in [6.45, 7) is 8.72. The minimum atomic E-state index is -2.17. The van der Waals surface area contributed by atoms with Crippen molar-refractivity contribution in [3.05, 3.63) is 30.3 Å². The molecular formula is C13H19OP. The van der Waals surface area contributed by atoms with Gasteiger partial charge in [-0.25, -0.2) is 0 Å². The van der Waals surface area contributed by atoms with Crippen LogP contribution in [0.25, 0.3) is 0 Å². The Morgan fingerprint density at radius 2 is 1.60 bits per heavy atom. The zero-order valence-electron chi connectivity index (χ0n) is 9.95. The zero-order chi connectivity index (χ0) is 11.3. The fourth-order valence-electron chi connectivity index (χ4n) is 2.43. The second-order valence-electron chi connectivity index (χ2n) is 5.68. The molecule has 0 bridgehead atoms. The zero-order valence-corrected chi connectivity index (χ0v) is 10.8. The molecule has 1 aliphatic rings. The van der Waals surface area contributed by atoms with Crippen LogP contribution in [-0.2, 0) is 4.57 Å². The molecule has 1 aliphatic heterocycles. The molecule has 1 unspecified atom stereocenters. The summed E-state index contributed by atoms with van der Waals surface area (Å²) in [7, 11) is -2.17. The largest absolute Gasteiger partial charge is 0.318 e. The van der Waals surface area contributed by atoms with Crippen molar-refractivity contribution in [3.8, 4) is 0 Å². The van der Waals surface area contributed by atoms with Crippen LogP contribution < -0.4 is 5.30 Å². The van der Waals surface area contributed by atoms with Gasteiger partial charge in [0.25, 0.3) is 0 Å². The second kappa shape index (κ2) is 2.98. The lowest BCUT2D eigenvalue weighted by Gasteiger charge is -2.58. The van der Waals surface area contributed by atoms with Crippen molar-refractivity contribution >= 4 is 12.4 Å². The number of rotatable bonds is 1. The first-order valence-corrected chi connectivity index (χ1v) is 7.35. The van der Waals surface area contributed by atoms with Crippen LogP contribution in [0.3, 0.4) is 0 Å². The first-order valence-electron chi connectivity index (χ1n) is 5.46. The van der Waals surface area contributed by atoms with Gasteiger partial charge in [0.1, 0.15) is 7.14 Å². The Bertz CT molecular complexity index is 417. The molecule has 0 aromatic heterocycles. The van der Waals surface area contributed by atoms with Crippen LogP contribution in [0.15, 0.2) is 30.3 Å². The van der Waals surface area contributed by atoms with E-state index in [2.05, 4.69) is 27.7 Å². The maximum atomic E-state index is 12.9. The highest BCUT2D eigenvalue weighted by Crippen LogP contribution is 2.75. The van der Waals surface area contributed by atoms with Gasteiger partial charge in [-0.15, -0.1) is 0 Å². The third-order valence-electron chi connectivity index (χ3n) is 4.35. The molecule has 0 radical (unpaired) electrons. The van der Waals surface area contributed by atoms with Crippen molar-refractivity contribution in [3.63, 3.8) is 0 Å². The van der Waals surface area contributed by atoms with Gasteiger partial charge in [-0.1, -0.05) is 58.0 Å². The van der Waals surface area contributed by atoms with Gasteiger partial charge in [-0.05, 0) is 5.41 Å². The van der Waals surface area contributed by atoms with Crippen LogP contribution in [0.2, 0.25) is 0 Å². The highest BCUT2D eigenvalue weighted by molar-refractivity contribution is 7.74. The van der Waals surface area contributed by atoms with Crippen LogP contribution >= 0.6 is 7.14 Å². The van der Waals surface area contributed by atoms with Crippen LogP contribution in [0, 0.1) is 5.41 Å². The van der Waals surface area contributed by atoms with E-state index in [0.717, 1.165) is 11.5 Å². The van der Waals surface area contributed by atoms with Gasteiger partial charge in [-0.3, -0.25) is 0 Å². The van der Waals surface area contributed by atoms with E-state index in [0.29, 0.717) is 0 Å². The fourth-order valence-corrected chi connectivity index (χ4v) is 6.60. The van der Waals surface area contributed by atoms with E-state index in [1.807, 2.05) is 30.3 Å². The average molecular weight is 222 g/mol. The maximum absolute atomic E-state index is 12.9. The van der Waals surface area contributed by atoms with Crippen molar-refractivity contribution in [2.75, 3.05) is 6.16 Å². The Kier molecular flexibility index (Phi) is 2.18. The van der Waals surface area contributed by atoms with Crippen LogP contribution in [0.5, 0.6) is 0 Å². The molecule has 0 aliphatic carbocycles. The summed E-state index contributed by atoms with van der Waals surface area (Å²) in [4.78, 5) is 0. The molecule has 1 heterocycles. The molecule has 1 atom stereocenters. The standard InChI is InChI=1S/C13H19OP/c1-12(2)10-15(14,13(12,3)4)11-8-6-5-7-9-11/h5-9H,10H2,1-4H3. The quantitative estimate of drug-likeness (QED) is 0.665. The predicted octanol–water partition coefficient (Wildman–Crippen LogP) is 3.49. The lowest BCUT2D eigenvalue weighted by molar-refractivity contribution is 0.258. The van der Waals surface area contributed by atoms with Crippen molar-refractivity contribution in [1.82, 2.24) is 0 Å². The number of hydrogen-bond donors (Lipinski definition) is 0. The van der Waals surface area contributed by atoms with Gasteiger partial charge in [-0.2, -0.15) is 0 Å². The Labute approximate surface area is 92.3 Å². The molecule has 2 rings (SSSR count). The highest BCUT2D eigenvalue weighted by Gasteiger charge is 2.62. The van der Waals surface area contributed by atoms with Crippen molar-refractivity contribution in [2.24, 2.45) is 5.41 Å². The molecule has 15 heavy (non-hydrogen) atoms. The molecule has 82 valence electrons. The smallest absolute Gasteiger partial charge is 0.122 e. The summed E-state index contributed by atoms with van der Waals surface area (Å²) in [6.07, 6.45) is 0.844. The van der Waals surface area contributed by atoms with E-state index in [1.165, 1.54) is 0 Å². The molecule has 1 nitrogen and oxygen atoms in total.